The van der Waals surface area contributed by atoms with Gasteiger partial charge < -0.3 is 14.7 Å². The Bertz CT molecular complexity index is 516. The second-order valence-electron chi connectivity index (χ2n) is 6.29. The van der Waals surface area contributed by atoms with Crippen molar-refractivity contribution < 1.29 is 9.28 Å². The van der Waals surface area contributed by atoms with E-state index in [0.29, 0.717) is 17.8 Å². The molecule has 2 aliphatic heterocycles. The van der Waals surface area contributed by atoms with Crippen LogP contribution in [0.2, 0.25) is 0 Å². The van der Waals surface area contributed by atoms with Crippen molar-refractivity contribution in [2.45, 2.75) is 19.3 Å². The minimum Gasteiger partial charge on any atom is -0.352 e. The Hall–Kier alpha value is -1.95. The standard InChI is InChI=1S/C16H24N4O2/c1-19-13-14(6-7-15(19)12-18-22)16(21)17-8-5-11-20(2)9-3-4-10-20/h6-7,12-13H,3-5,8-11H2,1-2H3/p+1. The molecule has 22 heavy (non-hydrogen) atoms. The molecule has 1 fully saturated rings. The number of likely N-dealkylation sites (N-methyl/N-ethyl adjacent to an activating group) is 1. The molecule has 0 aliphatic carbocycles. The van der Waals surface area contributed by atoms with Crippen LogP contribution in [-0.4, -0.2) is 55.6 Å². The molecule has 0 spiro atoms. The molecule has 0 saturated carbocycles. The van der Waals surface area contributed by atoms with E-state index < -0.39 is 0 Å². The van der Waals surface area contributed by atoms with E-state index in [1.54, 1.807) is 30.3 Å². The lowest BCUT2D eigenvalue weighted by molar-refractivity contribution is -0.897. The second kappa shape index (κ2) is 7.35. The van der Waals surface area contributed by atoms with Crippen LogP contribution in [0.15, 0.2) is 41.0 Å². The fraction of sp³-hybridized carbons (Fsp3) is 0.562. The minimum atomic E-state index is -0.0784. The van der Waals surface area contributed by atoms with E-state index in [2.05, 4.69) is 17.5 Å². The van der Waals surface area contributed by atoms with E-state index in [9.17, 15) is 9.70 Å². The van der Waals surface area contributed by atoms with Crippen LogP contribution in [0.3, 0.4) is 0 Å². The van der Waals surface area contributed by atoms with Gasteiger partial charge in [-0.15, -0.1) is 4.91 Å². The lowest BCUT2D eigenvalue weighted by atomic mass is 10.1. The van der Waals surface area contributed by atoms with Gasteiger partial charge in [-0.2, -0.15) is 0 Å². The third-order valence-electron chi connectivity index (χ3n) is 4.43. The van der Waals surface area contributed by atoms with Crippen molar-refractivity contribution in [1.82, 2.24) is 10.2 Å². The number of carbonyl (C=O) groups excluding carboxylic acids is 1. The number of nitrogens with zero attached hydrogens (tertiary/aromatic N) is 3. The molecule has 6 nitrogen and oxygen atoms in total. The van der Waals surface area contributed by atoms with Gasteiger partial charge in [0.1, 0.15) is 0 Å². The number of nitrogens with one attached hydrogen (secondary N) is 1. The van der Waals surface area contributed by atoms with Crippen LogP contribution in [0.25, 0.3) is 0 Å². The topological polar surface area (TPSA) is 61.8 Å². The lowest BCUT2D eigenvalue weighted by Gasteiger charge is -2.29. The molecule has 0 unspecified atom stereocenters. The Morgan fingerprint density at radius 1 is 1.41 bits per heavy atom. The van der Waals surface area contributed by atoms with E-state index in [1.165, 1.54) is 32.1 Å². The highest BCUT2D eigenvalue weighted by atomic mass is 16.2. The molecule has 2 rings (SSSR count). The first-order chi connectivity index (χ1) is 10.5. The van der Waals surface area contributed by atoms with Crippen molar-refractivity contribution >= 4 is 5.91 Å². The molecule has 2 heterocycles. The van der Waals surface area contributed by atoms with Gasteiger partial charge in [0.15, 0.2) is 0 Å². The third kappa shape index (κ3) is 4.27. The van der Waals surface area contributed by atoms with Crippen molar-refractivity contribution in [3.63, 3.8) is 0 Å². The average molecular weight is 305 g/mol. The number of carbonyl (C=O) groups is 1. The Kier molecular flexibility index (Phi) is 5.49. The van der Waals surface area contributed by atoms with Crippen LogP contribution in [0, 0.1) is 4.91 Å². The summed E-state index contributed by atoms with van der Waals surface area (Å²) >= 11 is 0. The lowest BCUT2D eigenvalue weighted by Crippen LogP contribution is -2.42. The van der Waals surface area contributed by atoms with Crippen molar-refractivity contribution in [2.24, 2.45) is 5.18 Å². The summed E-state index contributed by atoms with van der Waals surface area (Å²) in [5.74, 6) is -0.0784. The quantitative estimate of drug-likeness (QED) is 0.462. The van der Waals surface area contributed by atoms with Gasteiger partial charge in [-0.1, -0.05) is 0 Å². The first-order valence-electron chi connectivity index (χ1n) is 7.81. The maximum atomic E-state index is 12.1. The summed E-state index contributed by atoms with van der Waals surface area (Å²) in [6, 6.07) is 0. The number of rotatable bonds is 6. The largest absolute Gasteiger partial charge is 0.352 e. The molecule has 1 N–H and O–H groups in total. The molecule has 0 aromatic rings. The molecular weight excluding hydrogens is 280 g/mol. The molecular formula is C16H25N4O2+. The van der Waals surface area contributed by atoms with Gasteiger partial charge >= 0.3 is 0 Å². The number of likely N-dealkylation sites (tertiary alicyclic amines) is 1. The Labute approximate surface area is 131 Å². The zero-order valence-corrected chi connectivity index (χ0v) is 13.4. The zero-order chi connectivity index (χ0) is 16.0. The molecule has 1 amide bonds. The fourth-order valence-corrected chi connectivity index (χ4v) is 3.03. The first-order valence-corrected chi connectivity index (χ1v) is 7.81. The van der Waals surface area contributed by atoms with Gasteiger partial charge in [-0.05, 0) is 17.3 Å². The number of amides is 1. The molecule has 6 heteroatoms. The molecule has 120 valence electrons. The van der Waals surface area contributed by atoms with Crippen LogP contribution >= 0.6 is 0 Å². The summed E-state index contributed by atoms with van der Waals surface area (Å²) in [5, 5.41) is 5.71. The van der Waals surface area contributed by atoms with Crippen LogP contribution in [-0.2, 0) is 4.79 Å². The average Bonchev–Trinajstić information content (AvgIpc) is 2.93. The predicted molar refractivity (Wildman–Crippen MR) is 86.5 cm³/mol. The molecule has 2 aliphatic rings. The van der Waals surface area contributed by atoms with Crippen molar-refractivity contribution in [3.8, 4) is 0 Å². The number of allylic oxidation sites excluding steroid dienone is 1. The van der Waals surface area contributed by atoms with E-state index in [-0.39, 0.29) is 5.91 Å². The summed E-state index contributed by atoms with van der Waals surface area (Å²) < 4.78 is 1.13. The summed E-state index contributed by atoms with van der Waals surface area (Å²) in [6.07, 6.45) is 9.99. The van der Waals surface area contributed by atoms with E-state index in [1.807, 2.05) is 0 Å². The number of quaternary nitrogens is 1. The molecule has 0 radical (unpaired) electrons. The Morgan fingerprint density at radius 3 is 2.77 bits per heavy atom. The van der Waals surface area contributed by atoms with Gasteiger partial charge in [0.2, 0.25) is 0 Å². The summed E-state index contributed by atoms with van der Waals surface area (Å²) in [7, 11) is 4.08. The first kappa shape index (κ1) is 16.4. The van der Waals surface area contributed by atoms with E-state index in [4.69, 9.17) is 0 Å². The number of hydrogen-bond acceptors (Lipinski definition) is 4. The Balaban J connectivity index is 1.76. The highest BCUT2D eigenvalue weighted by Gasteiger charge is 2.25. The van der Waals surface area contributed by atoms with Gasteiger partial charge in [-0.25, -0.2) is 0 Å². The maximum Gasteiger partial charge on any atom is 0.252 e. The summed E-state index contributed by atoms with van der Waals surface area (Å²) in [4.78, 5) is 24.1. The monoisotopic (exact) mass is 305 g/mol. The molecule has 0 atom stereocenters. The van der Waals surface area contributed by atoms with Crippen LogP contribution in [0.5, 0.6) is 0 Å². The summed E-state index contributed by atoms with van der Waals surface area (Å²) in [5.41, 5.74) is 1.25. The van der Waals surface area contributed by atoms with Gasteiger partial charge in [0.25, 0.3) is 5.91 Å². The zero-order valence-electron chi connectivity index (χ0n) is 13.4. The Morgan fingerprint density at radius 2 is 2.14 bits per heavy atom. The molecule has 0 aromatic heterocycles. The van der Waals surface area contributed by atoms with Crippen molar-refractivity contribution in [2.75, 3.05) is 40.3 Å². The predicted octanol–water partition coefficient (Wildman–Crippen LogP) is 1.73. The summed E-state index contributed by atoms with van der Waals surface area (Å²) in [6.45, 7) is 4.33. The fourth-order valence-electron chi connectivity index (χ4n) is 3.03. The highest BCUT2D eigenvalue weighted by Crippen LogP contribution is 2.17. The van der Waals surface area contributed by atoms with Crippen LogP contribution in [0.1, 0.15) is 19.3 Å². The second-order valence-corrected chi connectivity index (χ2v) is 6.29. The van der Waals surface area contributed by atoms with Gasteiger partial charge in [0, 0.05) is 39.1 Å². The maximum absolute atomic E-state index is 12.1. The van der Waals surface area contributed by atoms with Crippen LogP contribution < -0.4 is 5.32 Å². The normalized spacial score (nSPS) is 21.8. The van der Waals surface area contributed by atoms with Gasteiger partial charge in [0.05, 0.1) is 44.2 Å². The van der Waals surface area contributed by atoms with Crippen molar-refractivity contribution in [3.05, 3.63) is 40.7 Å². The van der Waals surface area contributed by atoms with Gasteiger partial charge in [-0.3, -0.25) is 4.79 Å². The smallest absolute Gasteiger partial charge is 0.252 e. The van der Waals surface area contributed by atoms with Crippen LogP contribution in [0.4, 0.5) is 0 Å². The minimum absolute atomic E-state index is 0.0784. The van der Waals surface area contributed by atoms with E-state index >= 15 is 0 Å². The highest BCUT2D eigenvalue weighted by molar-refractivity contribution is 5.96. The molecule has 1 saturated heterocycles. The SMILES string of the molecule is CN1C=C(C(=O)NCCC[N+]2(C)CCCC2)C=CC1=CN=O. The number of hydrogen-bond donors (Lipinski definition) is 1. The third-order valence-corrected chi connectivity index (χ3v) is 4.43. The van der Waals surface area contributed by atoms with E-state index in [0.717, 1.165) is 17.4 Å². The molecule has 0 aromatic carbocycles. The number of nitroso groups, excluding NO2 is 1. The molecule has 0 bridgehead atoms. The van der Waals surface area contributed by atoms with Crippen molar-refractivity contribution in [1.29, 1.82) is 0 Å².